The minimum absolute atomic E-state index is 0.0189. The SMILES string of the molecule is CCCCCCCCCCOC(CCCCC/C=C/CCCc1cccc([P+](I)(c2ccccc2C)c2ccccc2C)c1C)OCCCCCCCCCC. The molecule has 0 atom stereocenters. The van der Waals surface area contributed by atoms with Crippen molar-refractivity contribution >= 4 is 42.9 Å². The summed E-state index contributed by atoms with van der Waals surface area (Å²) < 4.78 is 12.6. The van der Waals surface area contributed by atoms with Crippen molar-refractivity contribution in [3.8, 4) is 0 Å². The van der Waals surface area contributed by atoms with Gasteiger partial charge in [0.05, 0.1) is 0 Å². The molecule has 0 radical (unpaired) electrons. The minimum atomic E-state index is -1.82. The van der Waals surface area contributed by atoms with Gasteiger partial charge in [0, 0.05) is 13.2 Å². The van der Waals surface area contributed by atoms with Crippen LogP contribution in [0.3, 0.4) is 0 Å². The monoisotopic (exact) mass is 896 g/mol. The van der Waals surface area contributed by atoms with Crippen LogP contribution in [0.5, 0.6) is 0 Å². The Bertz CT molecular complexity index is 1400. The predicted octanol–water partition coefficient (Wildman–Crippen LogP) is 15.7. The standard InChI is InChI=1S/C52H81IO2P/c1-6-8-10-12-14-20-24-32-43-54-52(55-44-33-25-21-15-13-11-9-7-2)42-27-23-19-17-16-18-22-26-37-48-38-34-41-51(47(48)5)56(53,49-39-30-28-35-45(49)3)50-40-31-29-36-46(50)4/h16,18,28-31,34-36,38-41,52H,6-15,17,19-27,32-33,37,42-44H2,1-5H3/q+1/b18-16+. The first-order chi connectivity index (χ1) is 27.4. The van der Waals surface area contributed by atoms with Crippen molar-refractivity contribution in [2.75, 3.05) is 13.2 Å². The van der Waals surface area contributed by atoms with Crippen LogP contribution in [-0.2, 0) is 15.9 Å². The van der Waals surface area contributed by atoms with Crippen molar-refractivity contribution < 1.29 is 9.47 Å². The summed E-state index contributed by atoms with van der Waals surface area (Å²) in [7, 11) is 0. The molecule has 0 amide bonds. The normalized spacial score (nSPS) is 12.1. The molecule has 0 unspecified atom stereocenters. The van der Waals surface area contributed by atoms with Crippen LogP contribution in [0.4, 0.5) is 0 Å². The maximum atomic E-state index is 6.32. The molecular weight excluding hydrogens is 814 g/mol. The van der Waals surface area contributed by atoms with E-state index >= 15 is 0 Å². The Labute approximate surface area is 359 Å². The zero-order valence-corrected chi connectivity index (χ0v) is 39.7. The maximum absolute atomic E-state index is 6.32. The Morgan fingerprint density at radius 3 is 1.46 bits per heavy atom. The van der Waals surface area contributed by atoms with Gasteiger partial charge in [0.1, 0.15) is 15.9 Å². The van der Waals surface area contributed by atoms with Gasteiger partial charge >= 0.3 is 0 Å². The number of aryl methyl sites for hydroxylation is 3. The molecule has 0 aliphatic rings. The van der Waals surface area contributed by atoms with Crippen LogP contribution in [-0.4, -0.2) is 19.5 Å². The van der Waals surface area contributed by atoms with E-state index in [1.165, 1.54) is 173 Å². The zero-order valence-electron chi connectivity index (χ0n) is 36.6. The van der Waals surface area contributed by atoms with E-state index < -0.39 is 4.90 Å². The molecule has 3 rings (SSSR count). The molecule has 56 heavy (non-hydrogen) atoms. The summed E-state index contributed by atoms with van der Waals surface area (Å²) in [6.07, 6.45) is 35.6. The highest BCUT2D eigenvalue weighted by atomic mass is 127. The molecule has 0 bridgehead atoms. The van der Waals surface area contributed by atoms with E-state index in [0.717, 1.165) is 32.5 Å². The Hall–Kier alpha value is -1.52. The molecule has 0 N–H and O–H groups in total. The molecule has 4 heteroatoms. The van der Waals surface area contributed by atoms with E-state index in [4.69, 9.17) is 9.47 Å². The van der Waals surface area contributed by atoms with Gasteiger partial charge in [-0.25, -0.2) is 0 Å². The van der Waals surface area contributed by atoms with Gasteiger partial charge in [-0.1, -0.05) is 171 Å². The van der Waals surface area contributed by atoms with Gasteiger partial charge in [-0.2, -0.15) is 0 Å². The Morgan fingerprint density at radius 2 is 0.946 bits per heavy atom. The second kappa shape index (κ2) is 30.5. The van der Waals surface area contributed by atoms with Crippen molar-refractivity contribution in [1.82, 2.24) is 0 Å². The molecular formula is C52H81IO2P+. The molecule has 2 nitrogen and oxygen atoms in total. The minimum Gasteiger partial charge on any atom is -0.353 e. The van der Waals surface area contributed by atoms with Gasteiger partial charge < -0.3 is 9.47 Å². The number of benzene rings is 3. The molecule has 3 aromatic carbocycles. The third kappa shape index (κ3) is 18.2. The molecule has 0 fully saturated rings. The van der Waals surface area contributed by atoms with E-state index in [1.807, 2.05) is 0 Å². The number of allylic oxidation sites excluding steroid dienone is 2. The average molecular weight is 896 g/mol. The molecule has 0 saturated carbocycles. The summed E-state index contributed by atoms with van der Waals surface area (Å²) in [6, 6.07) is 25.2. The van der Waals surface area contributed by atoms with Crippen LogP contribution in [0.25, 0.3) is 0 Å². The van der Waals surface area contributed by atoms with E-state index in [1.54, 1.807) is 0 Å². The summed E-state index contributed by atoms with van der Waals surface area (Å²) in [6.45, 7) is 13.2. The molecule has 312 valence electrons. The summed E-state index contributed by atoms with van der Waals surface area (Å²) in [5.41, 5.74) is 5.76. The van der Waals surface area contributed by atoms with Crippen LogP contribution in [0.1, 0.15) is 184 Å². The topological polar surface area (TPSA) is 18.5 Å². The fourth-order valence-electron chi connectivity index (χ4n) is 7.99. The quantitative estimate of drug-likeness (QED) is 0.0199. The van der Waals surface area contributed by atoms with Crippen LogP contribution in [0.15, 0.2) is 78.9 Å². The average Bonchev–Trinajstić information content (AvgIpc) is 3.20. The number of hydrogen-bond donors (Lipinski definition) is 0. The predicted molar refractivity (Wildman–Crippen MR) is 259 cm³/mol. The summed E-state index contributed by atoms with van der Waals surface area (Å²) in [5, 5.41) is 4.51. The highest BCUT2D eigenvalue weighted by molar-refractivity contribution is 14.2. The van der Waals surface area contributed by atoms with Crippen LogP contribution >= 0.6 is 26.9 Å². The summed E-state index contributed by atoms with van der Waals surface area (Å²) in [5.74, 6) is 0. The first-order valence-corrected chi connectivity index (χ1v) is 27.7. The van der Waals surface area contributed by atoms with Crippen molar-refractivity contribution in [3.63, 3.8) is 0 Å². The lowest BCUT2D eigenvalue weighted by molar-refractivity contribution is -0.148. The molecule has 3 aromatic rings. The molecule has 0 saturated heterocycles. The fourth-order valence-corrected chi connectivity index (χ4v) is 16.2. The van der Waals surface area contributed by atoms with Crippen molar-refractivity contribution in [2.24, 2.45) is 0 Å². The molecule has 0 aromatic heterocycles. The van der Waals surface area contributed by atoms with Gasteiger partial charge in [-0.15, -0.1) is 0 Å². The summed E-state index contributed by atoms with van der Waals surface area (Å²) in [4.78, 5) is -1.82. The van der Waals surface area contributed by atoms with Crippen LogP contribution in [0, 0.1) is 20.8 Å². The number of unbranched alkanes of at least 4 members (excludes halogenated alkanes) is 18. The highest BCUT2D eigenvalue weighted by Gasteiger charge is 2.46. The van der Waals surface area contributed by atoms with Crippen molar-refractivity contribution in [2.45, 2.75) is 195 Å². The van der Waals surface area contributed by atoms with E-state index in [2.05, 4.69) is 136 Å². The first-order valence-electron chi connectivity index (χ1n) is 23.1. The third-order valence-corrected chi connectivity index (χ3v) is 19.7. The van der Waals surface area contributed by atoms with Gasteiger partial charge in [0.25, 0.3) is 0 Å². The Morgan fingerprint density at radius 1 is 0.500 bits per heavy atom. The summed E-state index contributed by atoms with van der Waals surface area (Å²) >= 11 is 2.85. The van der Waals surface area contributed by atoms with Crippen molar-refractivity contribution in [1.29, 1.82) is 0 Å². The second-order valence-electron chi connectivity index (χ2n) is 16.3. The lowest BCUT2D eigenvalue weighted by Gasteiger charge is -2.25. The largest absolute Gasteiger partial charge is 0.353 e. The molecule has 0 spiro atoms. The lowest BCUT2D eigenvalue weighted by atomic mass is 10.0. The number of halogens is 1. The van der Waals surface area contributed by atoms with Gasteiger partial charge in [0.2, 0.25) is 0 Å². The van der Waals surface area contributed by atoms with Gasteiger partial charge in [0.15, 0.2) is 33.2 Å². The highest BCUT2D eigenvalue weighted by Crippen LogP contribution is 2.65. The maximum Gasteiger partial charge on any atom is 0.173 e. The fraction of sp³-hybridized carbons (Fsp3) is 0.615. The zero-order chi connectivity index (χ0) is 40.1. The van der Waals surface area contributed by atoms with E-state index in [0.29, 0.717) is 0 Å². The third-order valence-electron chi connectivity index (χ3n) is 11.5. The Kier molecular flexibility index (Phi) is 26.6. The second-order valence-corrected chi connectivity index (χ2v) is 23.3. The van der Waals surface area contributed by atoms with Crippen LogP contribution in [0.2, 0.25) is 0 Å². The van der Waals surface area contributed by atoms with Crippen LogP contribution < -0.4 is 15.9 Å². The number of ether oxygens (including phenoxy) is 2. The molecule has 0 aliphatic heterocycles. The van der Waals surface area contributed by atoms with E-state index in [-0.39, 0.29) is 6.29 Å². The van der Waals surface area contributed by atoms with Crippen molar-refractivity contribution in [3.05, 3.63) is 101 Å². The van der Waals surface area contributed by atoms with Gasteiger partial charge in [-0.05, 0) is 119 Å². The first kappa shape index (κ1) is 48.8. The van der Waals surface area contributed by atoms with E-state index in [9.17, 15) is 0 Å². The number of hydrogen-bond acceptors (Lipinski definition) is 2. The Balaban J connectivity index is 1.40. The number of rotatable bonds is 33. The smallest absolute Gasteiger partial charge is 0.173 e. The molecule has 0 heterocycles. The lowest BCUT2D eigenvalue weighted by Crippen LogP contribution is -2.31. The molecule has 0 aliphatic carbocycles. The van der Waals surface area contributed by atoms with Gasteiger partial charge in [-0.3, -0.25) is 0 Å².